The fourth-order valence-electron chi connectivity index (χ4n) is 2.29. The highest BCUT2D eigenvalue weighted by atomic mass is 127. The summed E-state index contributed by atoms with van der Waals surface area (Å²) in [7, 11) is 1.50. The molecule has 7 nitrogen and oxygen atoms in total. The Morgan fingerprint density at radius 1 is 1.57 bits per heavy atom. The van der Waals surface area contributed by atoms with Gasteiger partial charge < -0.3 is 14.7 Å². The van der Waals surface area contributed by atoms with Crippen molar-refractivity contribution in [1.82, 2.24) is 0 Å². The van der Waals surface area contributed by atoms with E-state index in [1.165, 1.54) is 11.9 Å². The molecule has 1 aliphatic heterocycles. The van der Waals surface area contributed by atoms with Crippen LogP contribution < -0.4 is 4.90 Å². The monoisotopic (exact) mass is 410 g/mol. The number of halogens is 2. The topological polar surface area (TPSA) is 92.9 Å². The van der Waals surface area contributed by atoms with Crippen LogP contribution in [0, 0.1) is 25.4 Å². The maximum Gasteiger partial charge on any atom is 0.311 e. The zero-order valence-electron chi connectivity index (χ0n) is 11.0. The molecule has 0 aromatic heterocycles. The summed E-state index contributed by atoms with van der Waals surface area (Å²) in [6.45, 7) is 0.156. The van der Waals surface area contributed by atoms with Gasteiger partial charge >= 0.3 is 5.97 Å². The van der Waals surface area contributed by atoms with Gasteiger partial charge in [-0.2, -0.15) is 0 Å². The lowest BCUT2D eigenvalue weighted by Gasteiger charge is -2.28. The van der Waals surface area contributed by atoms with Crippen molar-refractivity contribution >= 4 is 39.9 Å². The Balaban J connectivity index is 2.43. The van der Waals surface area contributed by atoms with Crippen LogP contribution in [0.3, 0.4) is 0 Å². The summed E-state index contributed by atoms with van der Waals surface area (Å²) in [4.78, 5) is 23.1. The van der Waals surface area contributed by atoms with Gasteiger partial charge in [0, 0.05) is 19.2 Å². The number of hydrogen-bond acceptors (Lipinski definition) is 5. The fourth-order valence-corrected chi connectivity index (χ4v) is 2.74. The Kier molecular flexibility index (Phi) is 4.61. The predicted molar refractivity (Wildman–Crippen MR) is 79.9 cm³/mol. The predicted octanol–water partition coefficient (Wildman–Crippen LogP) is 1.87. The van der Waals surface area contributed by atoms with E-state index in [-0.39, 0.29) is 28.2 Å². The van der Waals surface area contributed by atoms with Crippen molar-refractivity contribution < 1.29 is 24.0 Å². The zero-order valence-corrected chi connectivity index (χ0v) is 13.1. The van der Waals surface area contributed by atoms with Gasteiger partial charge in [-0.25, -0.2) is 4.39 Å². The molecule has 1 heterocycles. The van der Waals surface area contributed by atoms with Crippen molar-refractivity contribution in [2.75, 3.05) is 25.2 Å². The summed E-state index contributed by atoms with van der Waals surface area (Å²) in [5.41, 5.74) is -0.223. The molecule has 0 radical (unpaired) electrons. The van der Waals surface area contributed by atoms with Gasteiger partial charge in [0.2, 0.25) is 0 Å². The maximum absolute atomic E-state index is 13.7. The number of likely N-dealkylation sites (N-methyl/N-ethyl adjacent to an activating group) is 1. The molecule has 2 atom stereocenters. The second kappa shape index (κ2) is 6.10. The number of anilines is 1. The summed E-state index contributed by atoms with van der Waals surface area (Å²) >= 11 is 1.67. The molecule has 1 N–H and O–H groups in total. The van der Waals surface area contributed by atoms with Crippen LogP contribution in [0.2, 0.25) is 0 Å². The Morgan fingerprint density at radius 2 is 2.24 bits per heavy atom. The highest BCUT2D eigenvalue weighted by Gasteiger charge is 2.38. The van der Waals surface area contributed by atoms with Gasteiger partial charge in [0.15, 0.2) is 0 Å². The number of benzene rings is 1. The third kappa shape index (κ3) is 3.07. The molecule has 1 fully saturated rings. The van der Waals surface area contributed by atoms with Gasteiger partial charge in [0.1, 0.15) is 17.4 Å². The number of rotatable bonds is 4. The van der Waals surface area contributed by atoms with Gasteiger partial charge in [-0.05, 0) is 22.6 Å². The van der Waals surface area contributed by atoms with Gasteiger partial charge in [-0.1, -0.05) is 0 Å². The van der Waals surface area contributed by atoms with E-state index in [1.54, 1.807) is 22.6 Å². The van der Waals surface area contributed by atoms with Gasteiger partial charge in [-0.3, -0.25) is 14.9 Å². The molecule has 2 unspecified atom stereocenters. The molecule has 114 valence electrons. The number of carboxylic acids is 1. The van der Waals surface area contributed by atoms with Crippen LogP contribution in [-0.2, 0) is 9.53 Å². The molecular formula is C12H12FIN2O5. The maximum atomic E-state index is 13.7. The number of carboxylic acid groups (broad SMARTS) is 1. The number of aliphatic carboxylic acids is 1. The van der Waals surface area contributed by atoms with E-state index in [2.05, 4.69) is 0 Å². The molecule has 0 bridgehead atoms. The van der Waals surface area contributed by atoms with Crippen LogP contribution in [0.1, 0.15) is 0 Å². The van der Waals surface area contributed by atoms with Crippen molar-refractivity contribution in [2.45, 2.75) is 6.04 Å². The average Bonchev–Trinajstić information content (AvgIpc) is 2.89. The second-order valence-corrected chi connectivity index (χ2v) is 5.83. The number of carbonyl (C=O) groups is 1. The van der Waals surface area contributed by atoms with E-state index in [0.717, 1.165) is 12.1 Å². The molecule has 9 heteroatoms. The minimum Gasteiger partial charge on any atom is -0.481 e. The Labute approximate surface area is 133 Å². The molecule has 0 amide bonds. The minimum atomic E-state index is -1.04. The van der Waals surface area contributed by atoms with Crippen LogP contribution >= 0.6 is 22.6 Å². The van der Waals surface area contributed by atoms with E-state index in [1.807, 2.05) is 0 Å². The summed E-state index contributed by atoms with van der Waals surface area (Å²) < 4.78 is 19.0. The zero-order chi connectivity index (χ0) is 15.7. The lowest BCUT2D eigenvalue weighted by molar-refractivity contribution is -0.384. The fraction of sp³-hybridized carbons (Fsp3) is 0.417. The minimum absolute atomic E-state index is 0.0327. The van der Waals surface area contributed by atoms with Crippen molar-refractivity contribution in [1.29, 1.82) is 0 Å². The molecular weight excluding hydrogens is 398 g/mol. The van der Waals surface area contributed by atoms with E-state index in [9.17, 15) is 19.3 Å². The van der Waals surface area contributed by atoms with E-state index in [0.29, 0.717) is 0 Å². The first-order valence-corrected chi connectivity index (χ1v) is 7.07. The number of hydrogen-bond donors (Lipinski definition) is 1. The number of ether oxygens (including phenoxy) is 1. The molecule has 1 aromatic carbocycles. The third-order valence-corrected chi connectivity index (χ3v) is 4.29. The highest BCUT2D eigenvalue weighted by Crippen LogP contribution is 2.34. The second-order valence-electron chi connectivity index (χ2n) is 4.67. The lowest BCUT2D eigenvalue weighted by atomic mass is 10.0. The van der Waals surface area contributed by atoms with Crippen LogP contribution in [0.5, 0.6) is 0 Å². The van der Waals surface area contributed by atoms with Crippen molar-refractivity contribution in [2.24, 2.45) is 5.92 Å². The number of nitro groups is 1. The molecule has 1 saturated heterocycles. The molecule has 1 aliphatic rings. The Hall–Kier alpha value is -1.49. The summed E-state index contributed by atoms with van der Waals surface area (Å²) in [5.74, 6) is -2.44. The van der Waals surface area contributed by atoms with Crippen LogP contribution in [0.15, 0.2) is 12.1 Å². The summed E-state index contributed by atoms with van der Waals surface area (Å²) in [6.07, 6.45) is 0. The molecule has 0 aliphatic carbocycles. The SMILES string of the molecule is CN(c1cc(F)c(I)cc1[N+](=O)[O-])C1COCC1C(=O)O. The van der Waals surface area contributed by atoms with Gasteiger partial charge in [0.25, 0.3) is 5.69 Å². The number of nitro benzene ring substituents is 1. The summed E-state index contributed by atoms with van der Waals surface area (Å²) in [6, 6.07) is 1.60. The summed E-state index contributed by atoms with van der Waals surface area (Å²) in [5, 5.41) is 20.3. The van der Waals surface area contributed by atoms with Crippen LogP contribution in [0.4, 0.5) is 15.8 Å². The smallest absolute Gasteiger partial charge is 0.311 e. The first-order valence-electron chi connectivity index (χ1n) is 5.99. The van der Waals surface area contributed by atoms with Crippen LogP contribution in [-0.4, -0.2) is 42.3 Å². The molecule has 21 heavy (non-hydrogen) atoms. The highest BCUT2D eigenvalue weighted by molar-refractivity contribution is 14.1. The van der Waals surface area contributed by atoms with E-state index in [4.69, 9.17) is 9.84 Å². The Morgan fingerprint density at radius 3 is 2.81 bits per heavy atom. The van der Waals surface area contributed by atoms with E-state index >= 15 is 0 Å². The first-order chi connectivity index (χ1) is 9.82. The lowest BCUT2D eigenvalue weighted by Crippen LogP contribution is -2.41. The molecule has 0 saturated carbocycles. The normalized spacial score (nSPS) is 21.3. The van der Waals surface area contributed by atoms with Gasteiger partial charge in [0.05, 0.1) is 27.7 Å². The number of nitrogens with zero attached hydrogens (tertiary/aromatic N) is 2. The van der Waals surface area contributed by atoms with Gasteiger partial charge in [-0.15, -0.1) is 0 Å². The van der Waals surface area contributed by atoms with Crippen LogP contribution in [0.25, 0.3) is 0 Å². The molecule has 2 rings (SSSR count). The van der Waals surface area contributed by atoms with E-state index < -0.39 is 28.7 Å². The molecule has 0 spiro atoms. The molecule has 1 aromatic rings. The Bertz CT molecular complexity index is 597. The van der Waals surface area contributed by atoms with Crippen molar-refractivity contribution in [3.05, 3.63) is 31.6 Å². The third-order valence-electron chi connectivity index (χ3n) is 3.46. The average molecular weight is 410 g/mol. The standard InChI is InChI=1S/C12H12FIN2O5/c1-15(11-5-21-4-6(11)12(17)18)9-2-7(13)8(14)3-10(9)16(19)20/h2-3,6,11H,4-5H2,1H3,(H,17,18). The quantitative estimate of drug-likeness (QED) is 0.463. The largest absolute Gasteiger partial charge is 0.481 e. The first kappa shape index (κ1) is 15.9. The van der Waals surface area contributed by atoms with Crippen molar-refractivity contribution in [3.63, 3.8) is 0 Å². The van der Waals surface area contributed by atoms with Crippen molar-refractivity contribution in [3.8, 4) is 0 Å².